The van der Waals surface area contributed by atoms with Crippen molar-refractivity contribution in [3.63, 3.8) is 0 Å². The van der Waals surface area contributed by atoms with E-state index in [-0.39, 0.29) is 5.91 Å². The molecule has 0 saturated carbocycles. The van der Waals surface area contributed by atoms with Crippen LogP contribution in [0, 0.1) is 18.3 Å². The first-order valence-electron chi connectivity index (χ1n) is 13.2. The van der Waals surface area contributed by atoms with E-state index in [1.54, 1.807) is 6.92 Å². The maximum absolute atomic E-state index is 12.3. The highest BCUT2D eigenvalue weighted by molar-refractivity contribution is 5.79. The molecule has 1 saturated heterocycles. The highest BCUT2D eigenvalue weighted by atomic mass is 16.5. The summed E-state index contributed by atoms with van der Waals surface area (Å²) in [6.07, 6.45) is 6.51. The molecule has 0 radical (unpaired) electrons. The molecule has 8 nitrogen and oxygen atoms in total. The summed E-state index contributed by atoms with van der Waals surface area (Å²) in [4.78, 5) is 21.0. The number of ether oxygens (including phenoxy) is 1. The molecule has 37 heavy (non-hydrogen) atoms. The summed E-state index contributed by atoms with van der Waals surface area (Å²) >= 11 is 0. The highest BCUT2D eigenvalue weighted by Gasteiger charge is 2.33. The Morgan fingerprint density at radius 3 is 2.73 bits per heavy atom. The summed E-state index contributed by atoms with van der Waals surface area (Å²) in [5.41, 5.74) is 8.13. The van der Waals surface area contributed by atoms with Crippen LogP contribution >= 0.6 is 0 Å². The number of hydrogen-bond acceptors (Lipinski definition) is 6. The Labute approximate surface area is 217 Å². The van der Waals surface area contributed by atoms with Gasteiger partial charge in [0.25, 0.3) is 0 Å². The molecule has 2 aromatic heterocycles. The van der Waals surface area contributed by atoms with E-state index in [4.69, 9.17) is 9.84 Å². The normalized spacial score (nSPS) is 17.8. The third-order valence-electron chi connectivity index (χ3n) is 7.98. The number of nitriles is 1. The zero-order valence-corrected chi connectivity index (χ0v) is 21.5. The number of fused-ring (bicyclic) bond motifs is 2. The second-order valence-corrected chi connectivity index (χ2v) is 10.3. The molecule has 1 aromatic carbocycles. The fourth-order valence-electron chi connectivity index (χ4n) is 5.96. The van der Waals surface area contributed by atoms with Gasteiger partial charge in [-0.15, -0.1) is 0 Å². The van der Waals surface area contributed by atoms with Crippen LogP contribution in [0.5, 0.6) is 0 Å². The average Bonchev–Trinajstić information content (AvgIpc) is 3.31. The van der Waals surface area contributed by atoms with E-state index >= 15 is 0 Å². The van der Waals surface area contributed by atoms with Crippen LogP contribution in [0.4, 0.5) is 11.5 Å². The van der Waals surface area contributed by atoms with Gasteiger partial charge in [-0.3, -0.25) is 14.5 Å². The molecule has 0 N–H and O–H groups in total. The van der Waals surface area contributed by atoms with Gasteiger partial charge in [0.1, 0.15) is 0 Å². The molecule has 0 aliphatic carbocycles. The van der Waals surface area contributed by atoms with Crippen molar-refractivity contribution in [2.75, 3.05) is 31.2 Å². The lowest BCUT2D eigenvalue weighted by Gasteiger charge is -2.33. The van der Waals surface area contributed by atoms with Gasteiger partial charge in [0.15, 0.2) is 5.82 Å². The van der Waals surface area contributed by atoms with Crippen molar-refractivity contribution >= 4 is 17.4 Å². The standard InChI is InChI=1S/C29H32N6O2/c1-19-5-6-22(17-31-19)25-14-21-4-3-10-34(28(21)15-23(25)16-30)29-26-18-33(20(2)36)11-7-27(26)35(32-29)24-8-12-37-13-9-24/h5-6,14-15,17,24H,3-4,7-13,18H2,1-2H3. The predicted octanol–water partition coefficient (Wildman–Crippen LogP) is 4.47. The smallest absolute Gasteiger partial charge is 0.219 e. The summed E-state index contributed by atoms with van der Waals surface area (Å²) in [5, 5.41) is 15.3. The molecule has 1 fully saturated rings. The number of amides is 1. The molecule has 0 bridgehead atoms. The van der Waals surface area contributed by atoms with Crippen molar-refractivity contribution in [2.24, 2.45) is 0 Å². The zero-order chi connectivity index (χ0) is 25.5. The second kappa shape index (κ2) is 9.64. The minimum absolute atomic E-state index is 0.0950. The van der Waals surface area contributed by atoms with E-state index in [9.17, 15) is 10.1 Å². The molecule has 190 valence electrons. The molecule has 6 rings (SSSR count). The van der Waals surface area contributed by atoms with Crippen LogP contribution in [0.1, 0.15) is 60.3 Å². The van der Waals surface area contributed by atoms with E-state index in [1.807, 2.05) is 36.2 Å². The molecule has 0 unspecified atom stereocenters. The van der Waals surface area contributed by atoms with E-state index in [0.717, 1.165) is 92.3 Å². The van der Waals surface area contributed by atoms with Crippen LogP contribution in [0.3, 0.4) is 0 Å². The summed E-state index contributed by atoms with van der Waals surface area (Å²) < 4.78 is 7.86. The first kappa shape index (κ1) is 23.7. The van der Waals surface area contributed by atoms with Crippen molar-refractivity contribution < 1.29 is 9.53 Å². The van der Waals surface area contributed by atoms with E-state index in [2.05, 4.69) is 26.7 Å². The molecule has 3 aliphatic rings. The Morgan fingerprint density at radius 2 is 2.00 bits per heavy atom. The summed E-state index contributed by atoms with van der Waals surface area (Å²) in [5.74, 6) is 1.03. The number of carbonyl (C=O) groups is 1. The maximum Gasteiger partial charge on any atom is 0.219 e. The Morgan fingerprint density at radius 1 is 1.16 bits per heavy atom. The van der Waals surface area contributed by atoms with Crippen molar-refractivity contribution in [3.8, 4) is 17.2 Å². The zero-order valence-electron chi connectivity index (χ0n) is 21.5. The summed E-state index contributed by atoms with van der Waals surface area (Å²) in [6, 6.07) is 10.9. The van der Waals surface area contributed by atoms with Crippen molar-refractivity contribution in [1.82, 2.24) is 19.7 Å². The molecule has 5 heterocycles. The molecule has 3 aliphatic heterocycles. The highest BCUT2D eigenvalue weighted by Crippen LogP contribution is 2.41. The van der Waals surface area contributed by atoms with Gasteiger partial charge < -0.3 is 14.5 Å². The molecular formula is C29H32N6O2. The Bertz CT molecular complexity index is 1380. The summed E-state index contributed by atoms with van der Waals surface area (Å²) in [7, 11) is 0. The number of benzene rings is 1. The molecule has 3 aromatic rings. The van der Waals surface area contributed by atoms with Gasteiger partial charge >= 0.3 is 0 Å². The molecule has 0 spiro atoms. The largest absolute Gasteiger partial charge is 0.381 e. The number of aromatic nitrogens is 3. The van der Waals surface area contributed by atoms with Gasteiger partial charge in [-0.05, 0) is 56.4 Å². The van der Waals surface area contributed by atoms with Gasteiger partial charge in [-0.2, -0.15) is 10.4 Å². The van der Waals surface area contributed by atoms with Gasteiger partial charge in [-0.1, -0.05) is 6.07 Å². The Kier molecular flexibility index (Phi) is 6.17. The first-order chi connectivity index (χ1) is 18.0. The lowest BCUT2D eigenvalue weighted by atomic mass is 9.92. The number of anilines is 2. The average molecular weight is 497 g/mol. The van der Waals surface area contributed by atoms with E-state index in [1.165, 1.54) is 11.3 Å². The van der Waals surface area contributed by atoms with Crippen LogP contribution in [0.15, 0.2) is 30.5 Å². The van der Waals surface area contributed by atoms with Crippen LogP contribution in [-0.2, 0) is 28.9 Å². The Balaban J connectivity index is 1.45. The van der Waals surface area contributed by atoms with Crippen LogP contribution in [-0.4, -0.2) is 51.9 Å². The van der Waals surface area contributed by atoms with Gasteiger partial charge in [-0.25, -0.2) is 0 Å². The number of rotatable bonds is 3. The minimum atomic E-state index is 0.0950. The molecule has 8 heteroatoms. The van der Waals surface area contributed by atoms with E-state index in [0.29, 0.717) is 18.2 Å². The van der Waals surface area contributed by atoms with Crippen molar-refractivity contribution in [3.05, 3.63) is 58.5 Å². The molecule has 1 amide bonds. The molecular weight excluding hydrogens is 464 g/mol. The monoisotopic (exact) mass is 496 g/mol. The second-order valence-electron chi connectivity index (χ2n) is 10.3. The number of aryl methyl sites for hydroxylation is 2. The lowest BCUT2D eigenvalue weighted by Crippen LogP contribution is -2.36. The first-order valence-corrected chi connectivity index (χ1v) is 13.2. The Hall–Kier alpha value is -3.70. The number of carbonyl (C=O) groups excluding carboxylic acids is 1. The van der Waals surface area contributed by atoms with Crippen LogP contribution < -0.4 is 4.90 Å². The lowest BCUT2D eigenvalue weighted by molar-refractivity contribution is -0.129. The topological polar surface area (TPSA) is 87.3 Å². The van der Waals surface area contributed by atoms with Crippen molar-refractivity contribution in [2.45, 2.75) is 58.5 Å². The van der Waals surface area contributed by atoms with Crippen LogP contribution in [0.25, 0.3) is 11.1 Å². The van der Waals surface area contributed by atoms with Crippen molar-refractivity contribution in [1.29, 1.82) is 5.26 Å². The number of nitrogens with zero attached hydrogens (tertiary/aromatic N) is 6. The van der Waals surface area contributed by atoms with Gasteiger partial charge in [0, 0.05) is 79.6 Å². The summed E-state index contributed by atoms with van der Waals surface area (Å²) in [6.45, 7) is 7.25. The van der Waals surface area contributed by atoms with Gasteiger partial charge in [0.05, 0.1) is 24.2 Å². The number of hydrogen-bond donors (Lipinski definition) is 0. The quantitative estimate of drug-likeness (QED) is 0.532. The fraction of sp³-hybridized carbons (Fsp3) is 0.448. The van der Waals surface area contributed by atoms with Crippen LogP contribution in [0.2, 0.25) is 0 Å². The fourth-order valence-corrected chi connectivity index (χ4v) is 5.96. The SMILES string of the molecule is CC(=O)N1CCc2c(c(N3CCCc4cc(-c5ccc(C)nc5)c(C#N)cc43)nn2C2CCOCC2)C1. The number of pyridine rings is 1. The maximum atomic E-state index is 12.3. The van der Waals surface area contributed by atoms with Gasteiger partial charge in [0.2, 0.25) is 5.91 Å². The molecule has 0 atom stereocenters. The predicted molar refractivity (Wildman–Crippen MR) is 141 cm³/mol. The third kappa shape index (κ3) is 4.27. The third-order valence-corrected chi connectivity index (χ3v) is 7.98. The minimum Gasteiger partial charge on any atom is -0.381 e. The van der Waals surface area contributed by atoms with E-state index < -0.39 is 0 Å².